The van der Waals surface area contributed by atoms with Gasteiger partial charge in [-0.3, -0.25) is 10.1 Å². The maximum Gasteiger partial charge on any atom is 0.412 e. The van der Waals surface area contributed by atoms with Gasteiger partial charge in [0.25, 0.3) is 0 Å². The first-order chi connectivity index (χ1) is 8.69. The molecule has 0 aliphatic heterocycles. The van der Waals surface area contributed by atoms with E-state index >= 15 is 0 Å². The van der Waals surface area contributed by atoms with Gasteiger partial charge in [0, 0.05) is 5.69 Å². The zero-order valence-electron chi connectivity index (χ0n) is 11.6. The monoisotopic (exact) mass is 265 g/mol. The fraction of sp³-hybridized carbons (Fsp3) is 0.429. The normalized spacial score (nSPS) is 12.6. The lowest BCUT2D eigenvalue weighted by Gasteiger charge is -2.19. The molecule has 1 amide bonds. The molecule has 1 aromatic carbocycles. The Kier molecular flexibility index (Phi) is 4.53. The van der Waals surface area contributed by atoms with Crippen molar-refractivity contribution < 1.29 is 19.4 Å². The van der Waals surface area contributed by atoms with Gasteiger partial charge in [-0.15, -0.1) is 0 Å². The number of hydrogen-bond donors (Lipinski definition) is 2. The molecule has 0 aliphatic carbocycles. The second-order valence-electron chi connectivity index (χ2n) is 5.31. The highest BCUT2D eigenvalue weighted by atomic mass is 16.6. The quantitative estimate of drug-likeness (QED) is 0.879. The average Bonchev–Trinajstić information content (AvgIpc) is 2.26. The molecular weight excluding hydrogens is 246 g/mol. The van der Waals surface area contributed by atoms with Crippen LogP contribution in [-0.4, -0.2) is 22.8 Å². The SMILES string of the molecule is CC(C(=O)O)c1ccc(NC(=O)OC(C)(C)C)cc1. The summed E-state index contributed by atoms with van der Waals surface area (Å²) in [6.45, 7) is 6.96. The number of aliphatic carboxylic acids is 1. The molecule has 0 heterocycles. The van der Waals surface area contributed by atoms with Crippen LogP contribution in [0.15, 0.2) is 24.3 Å². The van der Waals surface area contributed by atoms with E-state index in [0.29, 0.717) is 11.3 Å². The largest absolute Gasteiger partial charge is 0.481 e. The van der Waals surface area contributed by atoms with Crippen molar-refractivity contribution in [3.05, 3.63) is 29.8 Å². The molecule has 0 spiro atoms. The van der Waals surface area contributed by atoms with Crippen molar-refractivity contribution in [3.63, 3.8) is 0 Å². The van der Waals surface area contributed by atoms with Gasteiger partial charge in [0.2, 0.25) is 0 Å². The molecule has 0 radical (unpaired) electrons. The summed E-state index contributed by atoms with van der Waals surface area (Å²) in [5.74, 6) is -1.46. The molecule has 0 fully saturated rings. The Labute approximate surface area is 112 Å². The van der Waals surface area contributed by atoms with Crippen LogP contribution in [0.4, 0.5) is 10.5 Å². The first kappa shape index (κ1) is 15.0. The fourth-order valence-corrected chi connectivity index (χ4v) is 1.42. The summed E-state index contributed by atoms with van der Waals surface area (Å²) < 4.78 is 5.11. The van der Waals surface area contributed by atoms with Gasteiger partial charge in [-0.25, -0.2) is 4.79 Å². The first-order valence-corrected chi connectivity index (χ1v) is 6.02. The molecule has 1 unspecified atom stereocenters. The van der Waals surface area contributed by atoms with Crippen LogP contribution in [0.2, 0.25) is 0 Å². The maximum absolute atomic E-state index is 11.5. The number of carbonyl (C=O) groups excluding carboxylic acids is 1. The van der Waals surface area contributed by atoms with Crippen molar-refractivity contribution in [2.45, 2.75) is 39.2 Å². The van der Waals surface area contributed by atoms with Crippen LogP contribution in [0.3, 0.4) is 0 Å². The third-order valence-corrected chi connectivity index (χ3v) is 2.43. The van der Waals surface area contributed by atoms with Gasteiger partial charge in [-0.1, -0.05) is 12.1 Å². The fourth-order valence-electron chi connectivity index (χ4n) is 1.42. The maximum atomic E-state index is 11.5. The Hall–Kier alpha value is -2.04. The Balaban J connectivity index is 2.67. The van der Waals surface area contributed by atoms with E-state index in [1.165, 1.54) is 0 Å². The van der Waals surface area contributed by atoms with Crippen molar-refractivity contribution in [3.8, 4) is 0 Å². The van der Waals surface area contributed by atoms with Crippen LogP contribution in [0.5, 0.6) is 0 Å². The van der Waals surface area contributed by atoms with Gasteiger partial charge in [-0.05, 0) is 45.4 Å². The van der Waals surface area contributed by atoms with E-state index in [2.05, 4.69) is 5.32 Å². The second-order valence-corrected chi connectivity index (χ2v) is 5.31. The van der Waals surface area contributed by atoms with Gasteiger partial charge in [0.1, 0.15) is 5.60 Å². The number of carbonyl (C=O) groups is 2. The number of benzene rings is 1. The third kappa shape index (κ3) is 4.99. The molecule has 19 heavy (non-hydrogen) atoms. The zero-order chi connectivity index (χ0) is 14.6. The van der Waals surface area contributed by atoms with E-state index in [9.17, 15) is 9.59 Å². The standard InChI is InChI=1S/C14H19NO4/c1-9(12(16)17)10-5-7-11(8-6-10)15-13(18)19-14(2,3)4/h5-9H,1-4H3,(H,15,18)(H,16,17). The topological polar surface area (TPSA) is 75.6 Å². The van der Waals surface area contributed by atoms with Crippen LogP contribution < -0.4 is 5.32 Å². The second kappa shape index (κ2) is 5.73. The minimum Gasteiger partial charge on any atom is -0.481 e. The lowest BCUT2D eigenvalue weighted by molar-refractivity contribution is -0.138. The molecule has 1 aromatic rings. The Morgan fingerprint density at radius 1 is 1.21 bits per heavy atom. The number of anilines is 1. The number of nitrogens with one attached hydrogen (secondary N) is 1. The van der Waals surface area contributed by atoms with Crippen LogP contribution in [0, 0.1) is 0 Å². The minimum atomic E-state index is -0.882. The van der Waals surface area contributed by atoms with Crippen molar-refractivity contribution in [1.82, 2.24) is 0 Å². The van der Waals surface area contributed by atoms with Crippen molar-refractivity contribution >= 4 is 17.7 Å². The minimum absolute atomic E-state index is 0.536. The van der Waals surface area contributed by atoms with Crippen molar-refractivity contribution in [2.75, 3.05) is 5.32 Å². The highest BCUT2D eigenvalue weighted by molar-refractivity contribution is 5.85. The highest BCUT2D eigenvalue weighted by Crippen LogP contribution is 2.18. The van der Waals surface area contributed by atoms with E-state index < -0.39 is 23.6 Å². The van der Waals surface area contributed by atoms with E-state index in [0.717, 1.165) is 0 Å². The van der Waals surface area contributed by atoms with Crippen molar-refractivity contribution in [1.29, 1.82) is 0 Å². The number of carboxylic acid groups (broad SMARTS) is 1. The molecule has 104 valence electrons. The van der Waals surface area contributed by atoms with Crippen LogP contribution in [0.1, 0.15) is 39.2 Å². The lowest BCUT2D eigenvalue weighted by Crippen LogP contribution is -2.27. The summed E-state index contributed by atoms with van der Waals surface area (Å²) in [4.78, 5) is 22.4. The number of amides is 1. The van der Waals surface area contributed by atoms with Gasteiger partial charge in [0.05, 0.1) is 5.92 Å². The molecule has 2 N–H and O–H groups in total. The summed E-state index contributed by atoms with van der Waals surface area (Å²) in [6, 6.07) is 6.65. The number of hydrogen-bond acceptors (Lipinski definition) is 3. The predicted octanol–water partition coefficient (Wildman–Crippen LogP) is 3.22. The Bertz CT molecular complexity index is 459. The third-order valence-electron chi connectivity index (χ3n) is 2.43. The summed E-state index contributed by atoms with van der Waals surface area (Å²) in [5.41, 5.74) is 0.694. The molecule has 0 saturated heterocycles. The molecule has 0 bridgehead atoms. The van der Waals surface area contributed by atoms with E-state index in [1.807, 2.05) is 0 Å². The zero-order valence-corrected chi connectivity index (χ0v) is 11.6. The van der Waals surface area contributed by atoms with Gasteiger partial charge in [0.15, 0.2) is 0 Å². The molecular formula is C14H19NO4. The van der Waals surface area contributed by atoms with E-state index in [-0.39, 0.29) is 0 Å². The molecule has 0 aliphatic rings. The number of carboxylic acids is 1. The molecule has 1 rings (SSSR count). The average molecular weight is 265 g/mol. The molecule has 5 heteroatoms. The first-order valence-electron chi connectivity index (χ1n) is 6.02. The van der Waals surface area contributed by atoms with Crippen LogP contribution in [-0.2, 0) is 9.53 Å². The van der Waals surface area contributed by atoms with Crippen molar-refractivity contribution in [2.24, 2.45) is 0 Å². The number of ether oxygens (including phenoxy) is 1. The Morgan fingerprint density at radius 3 is 2.16 bits per heavy atom. The lowest BCUT2D eigenvalue weighted by atomic mass is 10.0. The highest BCUT2D eigenvalue weighted by Gasteiger charge is 2.17. The van der Waals surface area contributed by atoms with Crippen LogP contribution in [0.25, 0.3) is 0 Å². The summed E-state index contributed by atoms with van der Waals surface area (Å²) >= 11 is 0. The van der Waals surface area contributed by atoms with E-state index in [1.54, 1.807) is 52.0 Å². The summed E-state index contributed by atoms with van der Waals surface area (Å²) in [7, 11) is 0. The number of rotatable bonds is 3. The molecule has 0 saturated carbocycles. The summed E-state index contributed by atoms with van der Waals surface area (Å²) in [6.07, 6.45) is -0.536. The van der Waals surface area contributed by atoms with E-state index in [4.69, 9.17) is 9.84 Å². The van der Waals surface area contributed by atoms with Gasteiger partial charge < -0.3 is 9.84 Å². The molecule has 0 aromatic heterocycles. The molecule has 5 nitrogen and oxygen atoms in total. The van der Waals surface area contributed by atoms with Gasteiger partial charge in [-0.2, -0.15) is 0 Å². The predicted molar refractivity (Wildman–Crippen MR) is 72.3 cm³/mol. The molecule has 1 atom stereocenters. The summed E-state index contributed by atoms with van der Waals surface area (Å²) in [5, 5.41) is 11.5. The van der Waals surface area contributed by atoms with Crippen LogP contribution >= 0.6 is 0 Å². The smallest absolute Gasteiger partial charge is 0.412 e. The Morgan fingerprint density at radius 2 is 1.74 bits per heavy atom. The van der Waals surface area contributed by atoms with Gasteiger partial charge >= 0.3 is 12.1 Å².